The minimum absolute atomic E-state index is 0.489. The van der Waals surface area contributed by atoms with Crippen molar-refractivity contribution in [1.82, 2.24) is 0 Å². The van der Waals surface area contributed by atoms with Crippen LogP contribution in [0.3, 0.4) is 0 Å². The van der Waals surface area contributed by atoms with E-state index in [1.165, 1.54) is 23.0 Å². The first kappa shape index (κ1) is 23.9. The van der Waals surface area contributed by atoms with Crippen molar-refractivity contribution in [2.45, 2.75) is 0 Å². The molecule has 0 heterocycles. The largest absolute Gasteiger partial charge is 0.453 e. The number of carbonyl (C=O) groups excluding carboxylic acids is 1. The minimum atomic E-state index is -0.899. The number of amides is 1. The third-order valence-corrected chi connectivity index (χ3v) is 9.26. The van der Waals surface area contributed by atoms with Crippen LogP contribution >= 0.6 is 7.92 Å². The Hall–Kier alpha value is -4.46. The molecule has 0 unspecified atom stereocenters. The molecule has 3 nitrogen and oxygen atoms in total. The number of nitrogens with one attached hydrogen (secondary N) is 1. The van der Waals surface area contributed by atoms with Gasteiger partial charge < -0.3 is 4.74 Å². The monoisotopic (exact) mass is 511 g/mol. The fourth-order valence-electron chi connectivity index (χ4n) is 5.10. The van der Waals surface area contributed by atoms with Crippen molar-refractivity contribution in [1.29, 1.82) is 0 Å². The molecule has 0 aromatic heterocycles. The molecule has 0 atom stereocenters. The summed E-state index contributed by atoms with van der Waals surface area (Å²) in [5.41, 5.74) is 2.86. The quantitative estimate of drug-likeness (QED) is 0.242. The molecule has 0 bridgehead atoms. The van der Waals surface area contributed by atoms with Gasteiger partial charge in [-0.1, -0.05) is 127 Å². The smallest absolute Gasteiger partial charge is 0.411 e. The first-order valence-corrected chi connectivity index (χ1v) is 13.9. The Labute approximate surface area is 223 Å². The number of fused-ring (bicyclic) bond motifs is 2. The van der Waals surface area contributed by atoms with E-state index in [1.807, 2.05) is 18.2 Å². The van der Waals surface area contributed by atoms with E-state index in [0.717, 1.165) is 38.4 Å². The van der Waals surface area contributed by atoms with Crippen molar-refractivity contribution in [3.63, 3.8) is 0 Å². The van der Waals surface area contributed by atoms with Crippen LogP contribution < -0.4 is 21.2 Å². The van der Waals surface area contributed by atoms with Gasteiger partial charge in [0.25, 0.3) is 0 Å². The van der Waals surface area contributed by atoms with Crippen molar-refractivity contribution in [3.05, 3.63) is 133 Å². The number of benzene rings is 6. The summed E-state index contributed by atoms with van der Waals surface area (Å²) in [6, 6.07) is 46.8. The average molecular weight is 512 g/mol. The van der Waals surface area contributed by atoms with Crippen molar-refractivity contribution < 1.29 is 9.53 Å². The van der Waals surface area contributed by atoms with Gasteiger partial charge in [0, 0.05) is 11.1 Å². The predicted molar refractivity (Wildman–Crippen MR) is 162 cm³/mol. The van der Waals surface area contributed by atoms with E-state index in [1.54, 1.807) is 0 Å². The molecule has 0 aliphatic heterocycles. The van der Waals surface area contributed by atoms with Crippen molar-refractivity contribution in [2.24, 2.45) is 0 Å². The Balaban J connectivity index is 1.75. The molecule has 38 heavy (non-hydrogen) atoms. The third kappa shape index (κ3) is 4.42. The standard InChI is InChI=1S/C34H26NO2P/c1-37-34(36)35-30-22-20-24-12-8-10-18-28(24)32(30)33-29-19-11-9-13-25(29)21-23-31(33)38(26-14-4-2-5-15-26)27-16-6-3-7-17-27/h2-23H,1H3,(H,35,36). The maximum absolute atomic E-state index is 12.5. The normalized spacial score (nSPS) is 11.1. The lowest BCUT2D eigenvalue weighted by molar-refractivity contribution is 0.187. The Kier molecular flexibility index (Phi) is 6.60. The molecule has 0 aliphatic rings. The first-order chi connectivity index (χ1) is 18.7. The third-order valence-electron chi connectivity index (χ3n) is 6.78. The van der Waals surface area contributed by atoms with Crippen LogP contribution in [0, 0.1) is 0 Å². The van der Waals surface area contributed by atoms with Gasteiger partial charge in [0.05, 0.1) is 12.8 Å². The summed E-state index contributed by atoms with van der Waals surface area (Å²) in [6.07, 6.45) is -0.489. The zero-order chi connectivity index (χ0) is 25.9. The molecule has 4 heteroatoms. The molecule has 0 saturated carbocycles. The summed E-state index contributed by atoms with van der Waals surface area (Å²) < 4.78 is 5.01. The maximum Gasteiger partial charge on any atom is 0.411 e. The lowest BCUT2D eigenvalue weighted by Crippen LogP contribution is -2.22. The molecule has 6 aromatic rings. The highest BCUT2D eigenvalue weighted by Crippen LogP contribution is 2.44. The van der Waals surface area contributed by atoms with Gasteiger partial charge in [0.2, 0.25) is 0 Å². The second-order valence-corrected chi connectivity index (χ2v) is 11.2. The lowest BCUT2D eigenvalue weighted by Gasteiger charge is -2.25. The predicted octanol–water partition coefficient (Wildman–Crippen LogP) is 7.60. The molecule has 0 fully saturated rings. The summed E-state index contributed by atoms with van der Waals surface area (Å²) in [5.74, 6) is 0. The molecule has 1 N–H and O–H groups in total. The summed E-state index contributed by atoms with van der Waals surface area (Å²) in [4.78, 5) is 12.5. The second-order valence-electron chi connectivity index (χ2n) is 9.01. The van der Waals surface area contributed by atoms with E-state index >= 15 is 0 Å². The van der Waals surface area contributed by atoms with Crippen molar-refractivity contribution in [3.8, 4) is 11.1 Å². The second kappa shape index (κ2) is 10.5. The SMILES string of the molecule is COC(=O)Nc1ccc2ccccc2c1-c1c(P(c2ccccc2)c2ccccc2)ccc2ccccc12. The van der Waals surface area contributed by atoms with E-state index in [2.05, 4.69) is 121 Å². The topological polar surface area (TPSA) is 38.3 Å². The molecule has 0 saturated heterocycles. The zero-order valence-electron chi connectivity index (χ0n) is 21.0. The highest BCUT2D eigenvalue weighted by atomic mass is 31.1. The summed E-state index contributed by atoms with van der Waals surface area (Å²) in [5, 5.41) is 11.3. The summed E-state index contributed by atoms with van der Waals surface area (Å²) >= 11 is 0. The molecule has 0 spiro atoms. The van der Waals surface area contributed by atoms with Gasteiger partial charge in [-0.3, -0.25) is 5.32 Å². The molecule has 0 radical (unpaired) electrons. The van der Waals surface area contributed by atoms with Gasteiger partial charge in [-0.2, -0.15) is 0 Å². The Morgan fingerprint density at radius 3 is 1.66 bits per heavy atom. The Morgan fingerprint density at radius 2 is 1.08 bits per heavy atom. The molecular weight excluding hydrogens is 485 g/mol. The van der Waals surface area contributed by atoms with Crippen LogP contribution in [0.25, 0.3) is 32.7 Å². The number of methoxy groups -OCH3 is 1. The number of rotatable bonds is 5. The van der Waals surface area contributed by atoms with Gasteiger partial charge in [0.15, 0.2) is 0 Å². The van der Waals surface area contributed by atoms with Crippen LogP contribution in [0.15, 0.2) is 133 Å². The lowest BCUT2D eigenvalue weighted by atomic mass is 9.92. The summed E-state index contributed by atoms with van der Waals surface area (Å²) in [7, 11) is 0.493. The highest BCUT2D eigenvalue weighted by Gasteiger charge is 2.25. The average Bonchev–Trinajstić information content (AvgIpc) is 2.98. The number of carbonyl (C=O) groups is 1. The molecule has 6 aromatic carbocycles. The van der Waals surface area contributed by atoms with Crippen LogP contribution in [-0.4, -0.2) is 13.2 Å². The molecule has 6 rings (SSSR count). The van der Waals surface area contributed by atoms with E-state index in [-0.39, 0.29) is 0 Å². The Morgan fingerprint density at radius 1 is 0.579 bits per heavy atom. The van der Waals surface area contributed by atoms with E-state index in [4.69, 9.17) is 4.74 Å². The maximum atomic E-state index is 12.5. The van der Waals surface area contributed by atoms with Crippen LogP contribution in [0.4, 0.5) is 10.5 Å². The van der Waals surface area contributed by atoms with Crippen molar-refractivity contribution in [2.75, 3.05) is 12.4 Å². The van der Waals surface area contributed by atoms with Gasteiger partial charge >= 0.3 is 6.09 Å². The van der Waals surface area contributed by atoms with Crippen LogP contribution in [0.1, 0.15) is 0 Å². The molecule has 1 amide bonds. The van der Waals surface area contributed by atoms with Crippen molar-refractivity contribution >= 4 is 57.2 Å². The fourth-order valence-corrected chi connectivity index (χ4v) is 7.57. The van der Waals surface area contributed by atoms with Crippen LogP contribution in [-0.2, 0) is 4.74 Å². The molecule has 0 aliphatic carbocycles. The minimum Gasteiger partial charge on any atom is -0.453 e. The van der Waals surface area contributed by atoms with Gasteiger partial charge in [-0.25, -0.2) is 4.79 Å². The van der Waals surface area contributed by atoms with E-state index in [9.17, 15) is 4.79 Å². The first-order valence-electron chi connectivity index (χ1n) is 12.5. The Bertz CT molecular complexity index is 1710. The van der Waals surface area contributed by atoms with Crippen LogP contribution in [0.2, 0.25) is 0 Å². The van der Waals surface area contributed by atoms with E-state index in [0.29, 0.717) is 0 Å². The molecular formula is C34H26NO2P. The van der Waals surface area contributed by atoms with Crippen LogP contribution in [0.5, 0.6) is 0 Å². The zero-order valence-corrected chi connectivity index (χ0v) is 21.9. The number of ether oxygens (including phenoxy) is 1. The number of anilines is 1. The van der Waals surface area contributed by atoms with Gasteiger partial charge in [-0.15, -0.1) is 0 Å². The number of hydrogen-bond acceptors (Lipinski definition) is 2. The van der Waals surface area contributed by atoms with Gasteiger partial charge in [-0.05, 0) is 51.4 Å². The fraction of sp³-hybridized carbons (Fsp3) is 0.0294. The van der Waals surface area contributed by atoms with E-state index < -0.39 is 14.0 Å². The summed E-state index contributed by atoms with van der Waals surface area (Å²) in [6.45, 7) is 0. The number of hydrogen-bond donors (Lipinski definition) is 1. The highest BCUT2D eigenvalue weighted by molar-refractivity contribution is 7.80. The molecule has 184 valence electrons. The van der Waals surface area contributed by atoms with Gasteiger partial charge in [0.1, 0.15) is 0 Å².